The minimum absolute atomic E-state index is 0.796. The van der Waals surface area contributed by atoms with E-state index in [1.54, 1.807) is 37.2 Å². The summed E-state index contributed by atoms with van der Waals surface area (Å²) in [7, 11) is 0. The summed E-state index contributed by atoms with van der Waals surface area (Å²) in [4.78, 5) is 27.3. The van der Waals surface area contributed by atoms with Crippen LogP contribution >= 0.6 is 0 Å². The Kier molecular flexibility index (Phi) is 5.76. The lowest BCUT2D eigenvalue weighted by Crippen LogP contribution is -1.94. The molecule has 0 fully saturated rings. The van der Waals surface area contributed by atoms with Gasteiger partial charge in [-0.1, -0.05) is 36.4 Å². The summed E-state index contributed by atoms with van der Waals surface area (Å²) < 4.78 is 11.5. The maximum atomic E-state index is 7.03. The first-order chi connectivity index (χ1) is 25.3. The molecule has 0 aliphatic heterocycles. The molecule has 0 bridgehead atoms. The summed E-state index contributed by atoms with van der Waals surface area (Å²) in [6.07, 6.45) is 14.0. The molecule has 0 saturated heterocycles. The van der Waals surface area contributed by atoms with Gasteiger partial charge < -0.3 is 13.6 Å². The van der Waals surface area contributed by atoms with Crippen molar-refractivity contribution in [3.8, 4) is 33.9 Å². The van der Waals surface area contributed by atoms with E-state index >= 15 is 0 Å². The lowest BCUT2D eigenvalue weighted by atomic mass is 10.1. The van der Waals surface area contributed by atoms with Crippen molar-refractivity contribution < 1.29 is 4.42 Å². The van der Waals surface area contributed by atoms with Crippen molar-refractivity contribution in [1.29, 1.82) is 0 Å². The van der Waals surface area contributed by atoms with Crippen LogP contribution in [0.5, 0.6) is 0 Å². The van der Waals surface area contributed by atoms with E-state index < -0.39 is 0 Å². The number of aromatic nitrogens is 8. The SMILES string of the molecule is c1cc(-n2c3ccc(-c4cnccn4)cc3c3ncccc32)c2oc3c(-n4c5ccc(-c6cnccn6)cc5c5ncccc54)cccc3c2c1. The number of nitrogens with zero attached hydrogens (tertiary/aromatic N) is 8. The Morgan fingerprint density at radius 1 is 0.412 bits per heavy atom. The highest BCUT2D eigenvalue weighted by molar-refractivity contribution is 6.15. The van der Waals surface area contributed by atoms with Crippen molar-refractivity contribution in [3.05, 3.63) is 147 Å². The molecule has 0 amide bonds. The lowest BCUT2D eigenvalue weighted by Gasteiger charge is -2.09. The molecule has 9 heteroatoms. The summed E-state index contributed by atoms with van der Waals surface area (Å²) in [6, 6.07) is 33.6. The maximum Gasteiger partial charge on any atom is 0.159 e. The van der Waals surface area contributed by atoms with Crippen molar-refractivity contribution in [1.82, 2.24) is 39.0 Å². The highest BCUT2D eigenvalue weighted by Crippen LogP contribution is 2.42. The van der Waals surface area contributed by atoms with E-state index in [1.807, 2.05) is 24.5 Å². The smallest absolute Gasteiger partial charge is 0.159 e. The van der Waals surface area contributed by atoms with Crippen LogP contribution in [0.4, 0.5) is 0 Å². The molecular formula is C42H24N8O. The number of pyridine rings is 2. The Morgan fingerprint density at radius 3 is 1.39 bits per heavy atom. The summed E-state index contributed by atoms with van der Waals surface area (Å²) >= 11 is 0. The van der Waals surface area contributed by atoms with Gasteiger partial charge in [-0.15, -0.1) is 0 Å². The van der Waals surface area contributed by atoms with Gasteiger partial charge >= 0.3 is 0 Å². The first kappa shape index (κ1) is 27.7. The van der Waals surface area contributed by atoms with Gasteiger partial charge in [0.2, 0.25) is 0 Å². The Bertz CT molecular complexity index is 2930. The van der Waals surface area contributed by atoms with Crippen LogP contribution in [0.1, 0.15) is 0 Å². The van der Waals surface area contributed by atoms with Gasteiger partial charge in [-0.2, -0.15) is 0 Å². The van der Waals surface area contributed by atoms with E-state index in [1.165, 1.54) is 0 Å². The van der Waals surface area contributed by atoms with Gasteiger partial charge in [0, 0.05) is 69.9 Å². The fourth-order valence-electron chi connectivity index (χ4n) is 7.55. The van der Waals surface area contributed by atoms with Crippen LogP contribution in [0.3, 0.4) is 0 Å². The predicted octanol–water partition coefficient (Wildman–Crippen LogP) is 9.48. The number of hydrogen-bond acceptors (Lipinski definition) is 7. The maximum absolute atomic E-state index is 7.03. The van der Waals surface area contributed by atoms with Gasteiger partial charge in [-0.25, -0.2) is 0 Å². The molecule has 0 radical (unpaired) electrons. The molecule has 7 heterocycles. The largest absolute Gasteiger partial charge is 0.452 e. The molecule has 0 aliphatic rings. The van der Waals surface area contributed by atoms with Gasteiger partial charge in [0.15, 0.2) is 11.2 Å². The van der Waals surface area contributed by atoms with Crippen molar-refractivity contribution in [2.45, 2.75) is 0 Å². The van der Waals surface area contributed by atoms with Crippen LogP contribution < -0.4 is 0 Å². The highest BCUT2D eigenvalue weighted by atomic mass is 16.3. The fraction of sp³-hybridized carbons (Fsp3) is 0. The monoisotopic (exact) mass is 656 g/mol. The molecule has 0 N–H and O–H groups in total. The lowest BCUT2D eigenvalue weighted by molar-refractivity contribution is 0.664. The molecule has 0 unspecified atom stereocenters. The normalized spacial score (nSPS) is 11.9. The summed E-state index contributed by atoms with van der Waals surface area (Å²) in [5.74, 6) is 0. The van der Waals surface area contributed by atoms with Crippen molar-refractivity contribution in [3.63, 3.8) is 0 Å². The Labute approximate surface area is 289 Å². The van der Waals surface area contributed by atoms with E-state index in [2.05, 4.69) is 114 Å². The second-order valence-electron chi connectivity index (χ2n) is 12.5. The summed E-state index contributed by atoms with van der Waals surface area (Å²) in [6.45, 7) is 0. The zero-order valence-corrected chi connectivity index (χ0v) is 26.8. The third kappa shape index (κ3) is 4.03. The Hall–Kier alpha value is -7.26. The molecule has 4 aromatic carbocycles. The fourth-order valence-corrected chi connectivity index (χ4v) is 7.55. The number of rotatable bonds is 4. The molecule has 9 nitrogen and oxygen atoms in total. The molecule has 0 spiro atoms. The van der Waals surface area contributed by atoms with Gasteiger partial charge in [-0.05, 0) is 60.7 Å². The van der Waals surface area contributed by atoms with Gasteiger partial charge in [-0.3, -0.25) is 29.9 Å². The minimum Gasteiger partial charge on any atom is -0.452 e. The average molecular weight is 657 g/mol. The number of hydrogen-bond donors (Lipinski definition) is 0. The van der Waals surface area contributed by atoms with E-state index in [0.717, 1.165) is 99.7 Å². The summed E-state index contributed by atoms with van der Waals surface area (Å²) in [5, 5.41) is 4.12. The number of para-hydroxylation sites is 2. The second kappa shape index (κ2) is 10.6. The molecule has 11 aromatic rings. The van der Waals surface area contributed by atoms with Crippen molar-refractivity contribution in [2.75, 3.05) is 0 Å². The van der Waals surface area contributed by atoms with Crippen LogP contribution in [0.15, 0.2) is 151 Å². The Morgan fingerprint density at radius 2 is 0.922 bits per heavy atom. The first-order valence-electron chi connectivity index (χ1n) is 16.6. The topological polar surface area (TPSA) is 100 Å². The van der Waals surface area contributed by atoms with Gasteiger partial charge in [0.05, 0.1) is 68.3 Å². The van der Waals surface area contributed by atoms with Crippen LogP contribution in [0.25, 0.3) is 99.7 Å². The van der Waals surface area contributed by atoms with Crippen LogP contribution in [0, 0.1) is 0 Å². The first-order valence-corrected chi connectivity index (χ1v) is 16.6. The minimum atomic E-state index is 0.796. The number of benzene rings is 4. The molecule has 0 atom stereocenters. The quantitative estimate of drug-likeness (QED) is 0.186. The second-order valence-corrected chi connectivity index (χ2v) is 12.5. The van der Waals surface area contributed by atoms with Crippen LogP contribution in [0.2, 0.25) is 0 Å². The van der Waals surface area contributed by atoms with Crippen LogP contribution in [-0.2, 0) is 0 Å². The van der Waals surface area contributed by atoms with Crippen molar-refractivity contribution >= 4 is 65.8 Å². The van der Waals surface area contributed by atoms with E-state index in [9.17, 15) is 0 Å². The molecule has 51 heavy (non-hydrogen) atoms. The van der Waals surface area contributed by atoms with E-state index in [4.69, 9.17) is 14.4 Å². The molecule has 0 aliphatic carbocycles. The third-order valence-corrected chi connectivity index (χ3v) is 9.72. The van der Waals surface area contributed by atoms with Gasteiger partial charge in [0.25, 0.3) is 0 Å². The summed E-state index contributed by atoms with van der Waals surface area (Å²) in [5.41, 5.74) is 12.9. The molecule has 238 valence electrons. The predicted molar refractivity (Wildman–Crippen MR) is 200 cm³/mol. The molecular weight excluding hydrogens is 633 g/mol. The standard InChI is InChI=1S/C42H24N8O/c1-5-27-28-6-2-8-38(50-34-14-12-26(32-24-44-18-20-46-32)22-30(34)40-36(50)10-4-16-48-40)42(28)51-41(27)37(7-1)49-33-13-11-25(31-23-43-17-19-45-31)21-29(33)39-35(49)9-3-15-47-39/h1-24H. The van der Waals surface area contributed by atoms with E-state index in [-0.39, 0.29) is 0 Å². The van der Waals surface area contributed by atoms with Gasteiger partial charge in [0.1, 0.15) is 0 Å². The van der Waals surface area contributed by atoms with E-state index in [0.29, 0.717) is 0 Å². The van der Waals surface area contributed by atoms with Crippen LogP contribution in [-0.4, -0.2) is 39.0 Å². The number of fused-ring (bicyclic) bond motifs is 9. The highest BCUT2D eigenvalue weighted by Gasteiger charge is 2.22. The zero-order valence-electron chi connectivity index (χ0n) is 26.8. The molecule has 11 rings (SSSR count). The number of furan rings is 1. The molecule has 7 aromatic heterocycles. The average Bonchev–Trinajstić information content (AvgIpc) is 3.86. The van der Waals surface area contributed by atoms with Crippen molar-refractivity contribution in [2.24, 2.45) is 0 Å². The Balaban J connectivity index is 1.16. The molecule has 0 saturated carbocycles. The zero-order chi connectivity index (χ0) is 33.5. The third-order valence-electron chi connectivity index (χ3n) is 9.72.